The van der Waals surface area contributed by atoms with Gasteiger partial charge in [-0.3, -0.25) is 9.20 Å². The molecule has 0 atom stereocenters. The highest BCUT2D eigenvalue weighted by Gasteiger charge is 2.17. The number of carbonyl (C=O) groups is 2. The van der Waals surface area contributed by atoms with Gasteiger partial charge in [0, 0.05) is 19.2 Å². The molecule has 2 aromatic rings. The largest absolute Gasteiger partial charge is 0.476 e. The van der Waals surface area contributed by atoms with E-state index < -0.39 is 11.9 Å². The summed E-state index contributed by atoms with van der Waals surface area (Å²) in [4.78, 5) is 26.0. The highest BCUT2D eigenvalue weighted by molar-refractivity contribution is 5.93. The number of hydrogen-bond acceptors (Lipinski definition) is 4. The molecule has 2 heterocycles. The maximum absolute atomic E-state index is 11.2. The van der Waals surface area contributed by atoms with E-state index in [1.165, 1.54) is 4.40 Å². The Hall–Kier alpha value is -2.57. The highest BCUT2D eigenvalue weighted by atomic mass is 16.4. The topological polar surface area (TPSA) is 110 Å². The lowest BCUT2D eigenvalue weighted by Crippen LogP contribution is -2.17. The second kappa shape index (κ2) is 4.74. The minimum atomic E-state index is -1.09. The maximum Gasteiger partial charge on any atom is 0.356 e. The Morgan fingerprint density at radius 1 is 1.44 bits per heavy atom. The third kappa shape index (κ3) is 2.24. The molecule has 0 fully saturated rings. The number of aromatic carboxylic acids is 1. The highest BCUT2D eigenvalue weighted by Crippen LogP contribution is 2.17. The van der Waals surface area contributed by atoms with Crippen LogP contribution < -0.4 is 11.1 Å². The third-order valence-corrected chi connectivity index (χ3v) is 2.40. The van der Waals surface area contributed by atoms with Gasteiger partial charge >= 0.3 is 5.97 Å². The SMILES string of the molecule is NC(=O)CCNc1nc2ccccn2c1C(=O)O. The average molecular weight is 248 g/mol. The molecule has 0 aliphatic carbocycles. The number of aromatic nitrogens is 2. The lowest BCUT2D eigenvalue weighted by molar-refractivity contribution is -0.117. The molecule has 7 heteroatoms. The van der Waals surface area contributed by atoms with Crippen molar-refractivity contribution >= 4 is 23.3 Å². The zero-order valence-corrected chi connectivity index (χ0v) is 9.46. The van der Waals surface area contributed by atoms with E-state index in [2.05, 4.69) is 10.3 Å². The minimum Gasteiger partial charge on any atom is -0.476 e. The van der Waals surface area contributed by atoms with E-state index >= 15 is 0 Å². The molecule has 2 rings (SSSR count). The third-order valence-electron chi connectivity index (χ3n) is 2.40. The zero-order chi connectivity index (χ0) is 13.1. The number of pyridine rings is 1. The Labute approximate surface area is 102 Å². The summed E-state index contributed by atoms with van der Waals surface area (Å²) in [6, 6.07) is 5.18. The van der Waals surface area contributed by atoms with Crippen LogP contribution in [0.15, 0.2) is 24.4 Å². The molecule has 0 aliphatic heterocycles. The van der Waals surface area contributed by atoms with E-state index in [1.54, 1.807) is 24.4 Å². The summed E-state index contributed by atoms with van der Waals surface area (Å²) in [5.41, 5.74) is 5.57. The van der Waals surface area contributed by atoms with Crippen LogP contribution in [0.1, 0.15) is 16.9 Å². The van der Waals surface area contributed by atoms with E-state index in [-0.39, 0.29) is 24.5 Å². The van der Waals surface area contributed by atoms with Crippen LogP contribution >= 0.6 is 0 Å². The number of rotatable bonds is 5. The van der Waals surface area contributed by atoms with Crippen molar-refractivity contribution in [2.75, 3.05) is 11.9 Å². The number of anilines is 1. The fraction of sp³-hybridized carbons (Fsp3) is 0.182. The number of fused-ring (bicyclic) bond motifs is 1. The molecule has 0 spiro atoms. The number of amides is 1. The van der Waals surface area contributed by atoms with Gasteiger partial charge in [0.1, 0.15) is 5.65 Å². The predicted octanol–water partition coefficient (Wildman–Crippen LogP) is 0.320. The van der Waals surface area contributed by atoms with E-state index in [0.717, 1.165) is 0 Å². The molecule has 1 amide bonds. The molecule has 0 radical (unpaired) electrons. The summed E-state index contributed by atoms with van der Waals surface area (Å²) >= 11 is 0. The predicted molar refractivity (Wildman–Crippen MR) is 64.5 cm³/mol. The van der Waals surface area contributed by atoms with Gasteiger partial charge in [-0.2, -0.15) is 0 Å². The van der Waals surface area contributed by atoms with Gasteiger partial charge in [-0.05, 0) is 12.1 Å². The standard InChI is InChI=1S/C11H12N4O3/c12-7(16)4-5-13-10-9(11(17)18)15-6-2-1-3-8(15)14-10/h1-3,6,13H,4-5H2,(H2,12,16)(H,17,18). The molecular formula is C11H12N4O3. The van der Waals surface area contributed by atoms with Crippen molar-refractivity contribution in [3.05, 3.63) is 30.1 Å². The van der Waals surface area contributed by atoms with E-state index in [9.17, 15) is 9.59 Å². The Bertz CT molecular complexity index is 605. The number of carboxylic acids is 1. The smallest absolute Gasteiger partial charge is 0.356 e. The van der Waals surface area contributed by atoms with Crippen LogP contribution in [0.5, 0.6) is 0 Å². The van der Waals surface area contributed by atoms with Crippen molar-refractivity contribution in [2.24, 2.45) is 5.73 Å². The second-order valence-corrected chi connectivity index (χ2v) is 3.69. The van der Waals surface area contributed by atoms with Crippen LogP contribution in [0.2, 0.25) is 0 Å². The number of hydrogen-bond donors (Lipinski definition) is 3. The van der Waals surface area contributed by atoms with Gasteiger partial charge in [-0.25, -0.2) is 9.78 Å². The van der Waals surface area contributed by atoms with Crippen LogP contribution in [0.4, 0.5) is 5.82 Å². The van der Waals surface area contributed by atoms with E-state index in [1.807, 2.05) is 0 Å². The summed E-state index contributed by atoms with van der Waals surface area (Å²) in [7, 11) is 0. The number of nitrogens with zero attached hydrogens (tertiary/aromatic N) is 2. The van der Waals surface area contributed by atoms with Gasteiger partial charge in [-0.15, -0.1) is 0 Å². The maximum atomic E-state index is 11.2. The average Bonchev–Trinajstić information content (AvgIpc) is 2.66. The number of nitrogens with two attached hydrogens (primary N) is 1. The minimum absolute atomic E-state index is 0.0371. The fourth-order valence-corrected chi connectivity index (χ4v) is 1.63. The molecule has 0 saturated heterocycles. The number of primary amides is 1. The van der Waals surface area contributed by atoms with Crippen LogP contribution in [0, 0.1) is 0 Å². The molecule has 7 nitrogen and oxygen atoms in total. The molecule has 0 unspecified atom stereocenters. The van der Waals surface area contributed by atoms with Crippen LogP contribution in [0.25, 0.3) is 5.65 Å². The Kier molecular flexibility index (Phi) is 3.13. The molecular weight excluding hydrogens is 236 g/mol. The second-order valence-electron chi connectivity index (χ2n) is 3.69. The Morgan fingerprint density at radius 3 is 2.89 bits per heavy atom. The summed E-state index contributed by atoms with van der Waals surface area (Å²) in [6.45, 7) is 0.249. The molecule has 4 N–H and O–H groups in total. The molecule has 0 aliphatic rings. The molecule has 18 heavy (non-hydrogen) atoms. The van der Waals surface area contributed by atoms with Gasteiger partial charge in [-0.1, -0.05) is 6.07 Å². The van der Waals surface area contributed by atoms with Gasteiger partial charge in [0.15, 0.2) is 11.5 Å². The van der Waals surface area contributed by atoms with Gasteiger partial charge < -0.3 is 16.2 Å². The van der Waals surface area contributed by atoms with E-state index in [4.69, 9.17) is 10.8 Å². The van der Waals surface area contributed by atoms with Gasteiger partial charge in [0.2, 0.25) is 5.91 Å². The van der Waals surface area contributed by atoms with Crippen LogP contribution in [-0.2, 0) is 4.79 Å². The first-order valence-electron chi connectivity index (χ1n) is 5.32. The molecule has 0 aromatic carbocycles. The lowest BCUT2D eigenvalue weighted by Gasteiger charge is -2.02. The quantitative estimate of drug-likeness (QED) is 0.705. The summed E-state index contributed by atoms with van der Waals surface area (Å²) in [5, 5.41) is 12.0. The number of carboxylic acid groups (broad SMARTS) is 1. The molecule has 2 aromatic heterocycles. The van der Waals surface area contributed by atoms with Crippen molar-refractivity contribution < 1.29 is 14.7 Å². The first kappa shape index (κ1) is 11.9. The van der Waals surface area contributed by atoms with Gasteiger partial charge in [0.05, 0.1) is 0 Å². The first-order valence-corrected chi connectivity index (χ1v) is 5.32. The zero-order valence-electron chi connectivity index (χ0n) is 9.46. The van der Waals surface area contributed by atoms with Crippen molar-refractivity contribution in [3.63, 3.8) is 0 Å². The Balaban J connectivity index is 2.34. The number of nitrogens with one attached hydrogen (secondary N) is 1. The van der Waals surface area contributed by atoms with Crippen LogP contribution in [-0.4, -0.2) is 32.9 Å². The monoisotopic (exact) mass is 248 g/mol. The summed E-state index contributed by atoms with van der Waals surface area (Å²) in [6.07, 6.45) is 1.73. The van der Waals surface area contributed by atoms with Crippen molar-refractivity contribution in [2.45, 2.75) is 6.42 Å². The number of imidazole rings is 1. The molecule has 0 bridgehead atoms. The lowest BCUT2D eigenvalue weighted by atomic mass is 10.3. The normalized spacial score (nSPS) is 10.4. The van der Waals surface area contributed by atoms with Crippen molar-refractivity contribution in [3.8, 4) is 0 Å². The van der Waals surface area contributed by atoms with Gasteiger partial charge in [0.25, 0.3) is 0 Å². The molecule has 0 saturated carbocycles. The van der Waals surface area contributed by atoms with Crippen molar-refractivity contribution in [1.82, 2.24) is 9.38 Å². The summed E-state index contributed by atoms with van der Waals surface area (Å²) in [5.74, 6) is -1.31. The fourth-order valence-electron chi connectivity index (χ4n) is 1.63. The van der Waals surface area contributed by atoms with Crippen molar-refractivity contribution in [1.29, 1.82) is 0 Å². The first-order chi connectivity index (χ1) is 8.59. The summed E-state index contributed by atoms with van der Waals surface area (Å²) < 4.78 is 1.47. The van der Waals surface area contributed by atoms with E-state index in [0.29, 0.717) is 5.65 Å². The molecule has 94 valence electrons. The number of carbonyl (C=O) groups excluding carboxylic acids is 1. The van der Waals surface area contributed by atoms with Crippen LogP contribution in [0.3, 0.4) is 0 Å². The Morgan fingerprint density at radius 2 is 2.22 bits per heavy atom.